The van der Waals surface area contributed by atoms with E-state index < -0.39 is 36.8 Å². The molecule has 42 heavy (non-hydrogen) atoms. The Morgan fingerprint density at radius 3 is 2.48 bits per heavy atom. The average molecular weight is 640 g/mol. The minimum Gasteiger partial charge on any atom is -0.494 e. The summed E-state index contributed by atoms with van der Waals surface area (Å²) in [6.07, 6.45) is -0.432. The number of nitrogens with one attached hydrogen (secondary N) is 2. The molecule has 1 aliphatic rings. The first kappa shape index (κ1) is 31.0. The van der Waals surface area contributed by atoms with Gasteiger partial charge in [0.05, 0.1) is 25.9 Å². The van der Waals surface area contributed by atoms with E-state index in [0.29, 0.717) is 29.9 Å². The molecule has 0 bridgehead atoms. The molecule has 0 aliphatic carbocycles. The molecular formula is C29H31BrN6O6. The van der Waals surface area contributed by atoms with Crippen LogP contribution in [-0.2, 0) is 16.0 Å². The molecule has 0 spiro atoms. The Labute approximate surface area is 250 Å². The van der Waals surface area contributed by atoms with Gasteiger partial charge in [-0.25, -0.2) is 10.4 Å². The lowest BCUT2D eigenvalue weighted by Gasteiger charge is -2.32. The van der Waals surface area contributed by atoms with Crippen LogP contribution in [0.5, 0.6) is 5.75 Å². The van der Waals surface area contributed by atoms with Gasteiger partial charge in [-0.05, 0) is 47.5 Å². The van der Waals surface area contributed by atoms with E-state index in [9.17, 15) is 20.5 Å². The summed E-state index contributed by atoms with van der Waals surface area (Å²) in [5.74, 6) is 0.195. The van der Waals surface area contributed by atoms with E-state index in [1.165, 1.54) is 0 Å². The number of hydrogen-bond acceptors (Lipinski definition) is 9. The lowest BCUT2D eigenvalue weighted by atomic mass is 9.81. The fraction of sp³-hybridized carbons (Fsp3) is 0.310. The summed E-state index contributed by atoms with van der Waals surface area (Å²) in [5.41, 5.74) is 15.0. The number of hydrazine groups is 1. The zero-order valence-corrected chi connectivity index (χ0v) is 24.1. The molecule has 1 heterocycles. The number of ether oxygens (including phenoxy) is 2. The summed E-state index contributed by atoms with van der Waals surface area (Å²) in [6.45, 7) is -0.456. The number of aliphatic imine (C=N–C) groups is 1. The molecule has 3 aromatic rings. The van der Waals surface area contributed by atoms with Crippen molar-refractivity contribution in [1.29, 1.82) is 0 Å². The molecule has 0 saturated heterocycles. The highest BCUT2D eigenvalue weighted by Crippen LogP contribution is 2.45. The van der Waals surface area contributed by atoms with Crippen molar-refractivity contribution < 1.29 is 29.6 Å². The normalized spacial score (nSPS) is 17.7. The second-order valence-corrected chi connectivity index (χ2v) is 10.4. The molecule has 3 aromatic carbocycles. The molecule has 220 valence electrons. The second-order valence-electron chi connectivity index (χ2n) is 9.50. The molecular weight excluding hydrogens is 608 g/mol. The number of rotatable bonds is 14. The quantitative estimate of drug-likeness (QED) is 0.0587. The largest absolute Gasteiger partial charge is 0.494 e. The molecule has 2 atom stereocenters. The first-order chi connectivity index (χ1) is 20.4. The van der Waals surface area contributed by atoms with Crippen LogP contribution in [-0.4, -0.2) is 65.1 Å². The highest BCUT2D eigenvalue weighted by molar-refractivity contribution is 9.10. The highest BCUT2D eigenvalue weighted by atomic mass is 79.9. The fourth-order valence-electron chi connectivity index (χ4n) is 4.45. The molecule has 0 radical (unpaired) electrons. The Hall–Kier alpha value is -3.97. The van der Waals surface area contributed by atoms with E-state index in [2.05, 4.69) is 36.8 Å². The number of aliphatic hydroxyl groups excluding tert-OH is 3. The van der Waals surface area contributed by atoms with Crippen LogP contribution >= 0.6 is 15.9 Å². The lowest BCUT2D eigenvalue weighted by molar-refractivity contribution is -0.130. The van der Waals surface area contributed by atoms with Crippen LogP contribution in [0.25, 0.3) is 10.4 Å². The third-order valence-electron chi connectivity index (χ3n) is 6.62. The number of carbonyl (C=O) groups excluding carboxylic acids is 1. The second kappa shape index (κ2) is 14.8. The first-order valence-corrected chi connectivity index (χ1v) is 14.0. The van der Waals surface area contributed by atoms with Gasteiger partial charge >= 0.3 is 0 Å². The number of carbonyl (C=O) groups is 1. The van der Waals surface area contributed by atoms with Gasteiger partial charge < -0.3 is 24.8 Å². The number of azide groups is 1. The standard InChI is InChI=1S/C29H31BrN6O6/c30-21-10-6-19(7-11-21)16-29(28(40)35-33-22(17-38)18-39)26(24-4-1-2-5-25(24)34-36-31)42-27(32-29)20-8-12-23(13-9-20)41-15-3-14-37/h1-2,4-13,22,26,33,37-39H,3,14-18H2,(H,35,40)/t26-,29-/m0/s1. The summed E-state index contributed by atoms with van der Waals surface area (Å²) in [4.78, 5) is 22.0. The SMILES string of the molecule is [N-]=[N+]=Nc1ccccc1[C@@H]1OC(c2ccc(OCCCO)cc2)=N[C@]1(Cc1ccc(Br)cc1)C(=O)NNC(CO)CO. The van der Waals surface area contributed by atoms with Crippen molar-refractivity contribution in [3.8, 4) is 5.75 Å². The van der Waals surface area contributed by atoms with Crippen molar-refractivity contribution in [3.63, 3.8) is 0 Å². The van der Waals surface area contributed by atoms with E-state index in [1.54, 1.807) is 48.5 Å². The summed E-state index contributed by atoms with van der Waals surface area (Å²) < 4.78 is 12.9. The Morgan fingerprint density at radius 2 is 1.81 bits per heavy atom. The number of aliphatic hydroxyl groups is 3. The highest BCUT2D eigenvalue weighted by Gasteiger charge is 2.54. The summed E-state index contributed by atoms with van der Waals surface area (Å²) in [7, 11) is 0. The van der Waals surface area contributed by atoms with Crippen LogP contribution in [0.2, 0.25) is 0 Å². The van der Waals surface area contributed by atoms with Crippen LogP contribution in [0, 0.1) is 0 Å². The maximum Gasteiger partial charge on any atom is 0.266 e. The van der Waals surface area contributed by atoms with Crippen LogP contribution in [0.4, 0.5) is 5.69 Å². The topological polar surface area (TPSA) is 181 Å². The fourth-order valence-corrected chi connectivity index (χ4v) is 4.71. The van der Waals surface area contributed by atoms with Crippen molar-refractivity contribution in [2.24, 2.45) is 10.1 Å². The zero-order chi connectivity index (χ0) is 30.0. The maximum absolute atomic E-state index is 14.1. The van der Waals surface area contributed by atoms with Crippen molar-refractivity contribution in [2.45, 2.75) is 30.5 Å². The minimum absolute atomic E-state index is 0.0240. The minimum atomic E-state index is -1.61. The lowest BCUT2D eigenvalue weighted by Crippen LogP contribution is -2.57. The molecule has 1 aliphatic heterocycles. The summed E-state index contributed by atoms with van der Waals surface area (Å²) >= 11 is 3.44. The van der Waals surface area contributed by atoms with Crippen LogP contribution in [0.1, 0.15) is 29.2 Å². The monoisotopic (exact) mass is 638 g/mol. The van der Waals surface area contributed by atoms with Crippen LogP contribution in [0.3, 0.4) is 0 Å². The van der Waals surface area contributed by atoms with Gasteiger partial charge in [-0.1, -0.05) is 57.4 Å². The van der Waals surface area contributed by atoms with Gasteiger partial charge in [0.2, 0.25) is 5.90 Å². The van der Waals surface area contributed by atoms with Crippen LogP contribution in [0.15, 0.2) is 87.4 Å². The van der Waals surface area contributed by atoms with Gasteiger partial charge in [-0.2, -0.15) is 0 Å². The van der Waals surface area contributed by atoms with Crippen molar-refractivity contribution in [3.05, 3.63) is 104 Å². The summed E-state index contributed by atoms with van der Waals surface area (Å²) in [6, 6.07) is 20.4. The number of amides is 1. The third kappa shape index (κ3) is 7.26. The van der Waals surface area contributed by atoms with Crippen molar-refractivity contribution in [1.82, 2.24) is 10.9 Å². The average Bonchev–Trinajstić information content (AvgIpc) is 3.40. The predicted molar refractivity (Wildman–Crippen MR) is 159 cm³/mol. The Kier molecular flexibility index (Phi) is 10.9. The molecule has 13 heteroatoms. The smallest absolute Gasteiger partial charge is 0.266 e. The Balaban J connectivity index is 1.82. The van der Waals surface area contributed by atoms with E-state index in [4.69, 9.17) is 19.6 Å². The predicted octanol–water partition coefficient (Wildman–Crippen LogP) is 3.63. The number of halogens is 1. The molecule has 4 rings (SSSR count). The first-order valence-electron chi connectivity index (χ1n) is 13.2. The van der Waals surface area contributed by atoms with E-state index in [0.717, 1.165) is 10.0 Å². The van der Waals surface area contributed by atoms with E-state index in [-0.39, 0.29) is 24.6 Å². The molecule has 0 saturated carbocycles. The van der Waals surface area contributed by atoms with E-state index in [1.807, 2.05) is 24.3 Å². The molecule has 5 N–H and O–H groups in total. The summed E-state index contributed by atoms with van der Waals surface area (Å²) in [5, 5.41) is 31.9. The van der Waals surface area contributed by atoms with Gasteiger partial charge in [-0.3, -0.25) is 10.2 Å². The number of nitrogens with zero attached hydrogens (tertiary/aromatic N) is 4. The zero-order valence-electron chi connectivity index (χ0n) is 22.6. The number of hydrogen-bond donors (Lipinski definition) is 5. The molecule has 1 amide bonds. The van der Waals surface area contributed by atoms with Gasteiger partial charge in [0.15, 0.2) is 11.6 Å². The van der Waals surface area contributed by atoms with Crippen LogP contribution < -0.4 is 15.6 Å². The number of benzene rings is 3. The molecule has 12 nitrogen and oxygen atoms in total. The van der Waals surface area contributed by atoms with Gasteiger partial charge in [0.25, 0.3) is 5.91 Å². The Morgan fingerprint density at radius 1 is 1.10 bits per heavy atom. The Bertz CT molecular complexity index is 1430. The maximum atomic E-state index is 14.1. The van der Waals surface area contributed by atoms with Gasteiger partial charge in [0, 0.05) is 45.6 Å². The van der Waals surface area contributed by atoms with Crippen molar-refractivity contribution >= 4 is 33.4 Å². The van der Waals surface area contributed by atoms with Gasteiger partial charge in [-0.15, -0.1) is 0 Å². The van der Waals surface area contributed by atoms with E-state index >= 15 is 0 Å². The molecule has 0 fully saturated rings. The van der Waals surface area contributed by atoms with Gasteiger partial charge in [0.1, 0.15) is 5.75 Å². The molecule has 0 aromatic heterocycles. The molecule has 0 unspecified atom stereocenters. The van der Waals surface area contributed by atoms with Crippen molar-refractivity contribution in [2.75, 3.05) is 26.4 Å². The third-order valence-corrected chi connectivity index (χ3v) is 7.15.